The van der Waals surface area contributed by atoms with Gasteiger partial charge in [-0.25, -0.2) is 18.0 Å². The van der Waals surface area contributed by atoms with E-state index in [4.69, 9.17) is 13.0 Å². The molecule has 0 aliphatic rings. The van der Waals surface area contributed by atoms with Gasteiger partial charge >= 0.3 is 5.51 Å². The lowest BCUT2D eigenvalue weighted by atomic mass is 10.1. The molecule has 22 heavy (non-hydrogen) atoms. The minimum Gasteiger partial charge on any atom is -0.741 e. The molecule has 0 atom stereocenters. The molecular weight excluding hydrogens is 321 g/mol. The summed E-state index contributed by atoms with van der Waals surface area (Å²) in [6.07, 6.45) is 13.5. The Morgan fingerprint density at radius 3 is 2.09 bits per heavy atom. The van der Waals surface area contributed by atoms with Gasteiger partial charge in [0.25, 0.3) is 5.82 Å². The van der Waals surface area contributed by atoms with E-state index in [-0.39, 0.29) is 0 Å². The molecule has 0 fully saturated rings. The maximum Gasteiger partial charge on any atom is 0.485 e. The van der Waals surface area contributed by atoms with Crippen molar-refractivity contribution >= 4 is 10.1 Å². The lowest BCUT2D eigenvalue weighted by Gasteiger charge is -2.08. The second-order valence-electron chi connectivity index (χ2n) is 4.94. The fourth-order valence-corrected chi connectivity index (χ4v) is 1.76. The summed E-state index contributed by atoms with van der Waals surface area (Å²) in [4.78, 5) is 3.27. The van der Waals surface area contributed by atoms with Gasteiger partial charge in [-0.3, -0.25) is 0 Å². The minimum atomic E-state index is -6.09. The summed E-state index contributed by atoms with van der Waals surface area (Å²) in [5.74, 6) is 1.35. The van der Waals surface area contributed by atoms with Gasteiger partial charge in [-0.15, -0.1) is 0 Å². The van der Waals surface area contributed by atoms with Crippen molar-refractivity contribution < 1.29 is 30.7 Å². The maximum absolute atomic E-state index is 10.7. The molecule has 0 spiro atoms. The predicted molar refractivity (Wildman–Crippen MR) is 74.8 cm³/mol. The molecular formula is C13H23F3N2O3S. The van der Waals surface area contributed by atoms with E-state index >= 15 is 0 Å². The van der Waals surface area contributed by atoms with Gasteiger partial charge in [-0.1, -0.05) is 39.0 Å². The maximum atomic E-state index is 10.7. The number of halogens is 3. The number of aryl methyl sites for hydroxylation is 2. The fourth-order valence-electron chi connectivity index (χ4n) is 1.76. The molecule has 1 N–H and O–H groups in total. The molecule has 0 saturated heterocycles. The van der Waals surface area contributed by atoms with Crippen molar-refractivity contribution in [1.82, 2.24) is 4.98 Å². The highest BCUT2D eigenvalue weighted by Gasteiger charge is 2.36. The number of hydrogen-bond donors (Lipinski definition) is 1. The Bertz CT molecular complexity index is 513. The standard InChI is InChI=1S/C12H22N2.CHF3O3S/c1-3-4-5-6-7-8-9-12-13-10-11-14(12)2;2-1(3,4)8(5,6)7/h10-11H,3-9H2,1-2H3;(H,5,6,7). The van der Waals surface area contributed by atoms with E-state index in [1.54, 1.807) is 0 Å². The number of aromatic nitrogens is 2. The number of nitrogens with one attached hydrogen (secondary N) is 1. The summed E-state index contributed by atoms with van der Waals surface area (Å²) in [6, 6.07) is 0. The Kier molecular flexibility index (Phi) is 9.34. The molecule has 1 rings (SSSR count). The second kappa shape index (κ2) is 9.83. The van der Waals surface area contributed by atoms with E-state index in [2.05, 4.69) is 29.7 Å². The third-order valence-electron chi connectivity index (χ3n) is 3.02. The Morgan fingerprint density at radius 1 is 1.18 bits per heavy atom. The van der Waals surface area contributed by atoms with Crippen LogP contribution in [0.4, 0.5) is 13.2 Å². The van der Waals surface area contributed by atoms with Gasteiger partial charge in [-0.05, 0) is 6.42 Å². The smallest absolute Gasteiger partial charge is 0.485 e. The van der Waals surface area contributed by atoms with Crippen LogP contribution in [0.25, 0.3) is 0 Å². The minimum absolute atomic E-state index is 1.19. The zero-order chi connectivity index (χ0) is 17.2. The highest BCUT2D eigenvalue weighted by atomic mass is 32.2. The largest absolute Gasteiger partial charge is 0.741 e. The summed E-state index contributed by atoms with van der Waals surface area (Å²) >= 11 is 0. The molecule has 1 heterocycles. The van der Waals surface area contributed by atoms with Crippen molar-refractivity contribution in [3.05, 3.63) is 18.2 Å². The van der Waals surface area contributed by atoms with Crippen molar-refractivity contribution in [3.8, 4) is 0 Å². The first kappa shape index (κ1) is 20.9. The van der Waals surface area contributed by atoms with E-state index in [0.717, 1.165) is 0 Å². The number of nitrogens with zero attached hydrogens (tertiary/aromatic N) is 1. The molecule has 0 aromatic carbocycles. The van der Waals surface area contributed by atoms with Crippen molar-refractivity contribution in [3.63, 3.8) is 0 Å². The van der Waals surface area contributed by atoms with E-state index in [0.29, 0.717) is 0 Å². The molecule has 0 bridgehead atoms. The Hall–Kier alpha value is -1.09. The number of aromatic amines is 1. The molecule has 1 aromatic heterocycles. The van der Waals surface area contributed by atoms with E-state index in [9.17, 15) is 13.2 Å². The van der Waals surface area contributed by atoms with Crippen LogP contribution in [0.3, 0.4) is 0 Å². The number of imidazole rings is 1. The average Bonchev–Trinajstić information content (AvgIpc) is 2.78. The summed E-state index contributed by atoms with van der Waals surface area (Å²) in [5, 5.41) is 0. The number of hydrogen-bond acceptors (Lipinski definition) is 3. The molecule has 0 aliphatic carbocycles. The van der Waals surface area contributed by atoms with Gasteiger partial charge in [0, 0.05) is 6.42 Å². The first-order chi connectivity index (χ1) is 10.1. The third-order valence-corrected chi connectivity index (χ3v) is 3.59. The zero-order valence-corrected chi connectivity index (χ0v) is 13.6. The second-order valence-corrected chi connectivity index (χ2v) is 6.31. The first-order valence-corrected chi connectivity index (χ1v) is 8.54. The SMILES string of the molecule is CCCCCCCCc1[nH]cc[n+]1C.O=S(=O)([O-])C(F)(F)F. The summed E-state index contributed by atoms with van der Waals surface area (Å²) in [6.45, 7) is 2.26. The molecule has 0 amide bonds. The van der Waals surface area contributed by atoms with Crippen molar-refractivity contribution in [2.24, 2.45) is 7.05 Å². The van der Waals surface area contributed by atoms with Crippen LogP contribution < -0.4 is 4.57 Å². The Balaban J connectivity index is 0.000000472. The van der Waals surface area contributed by atoms with Gasteiger partial charge in [0.05, 0.1) is 7.05 Å². The number of alkyl halides is 3. The Labute approximate surface area is 129 Å². The lowest BCUT2D eigenvalue weighted by Crippen LogP contribution is -2.30. The van der Waals surface area contributed by atoms with E-state index < -0.39 is 15.6 Å². The van der Waals surface area contributed by atoms with Crippen LogP contribution in [-0.4, -0.2) is 23.5 Å². The average molecular weight is 344 g/mol. The van der Waals surface area contributed by atoms with Crippen LogP contribution in [-0.2, 0) is 23.6 Å². The van der Waals surface area contributed by atoms with Gasteiger partial charge in [0.15, 0.2) is 10.1 Å². The number of H-pyrrole nitrogens is 1. The molecule has 0 saturated carbocycles. The van der Waals surface area contributed by atoms with Crippen LogP contribution in [0.15, 0.2) is 12.4 Å². The van der Waals surface area contributed by atoms with Crippen LogP contribution in [0.5, 0.6) is 0 Å². The van der Waals surface area contributed by atoms with Crippen molar-refractivity contribution in [2.45, 2.75) is 57.4 Å². The molecule has 1 aromatic rings. The quantitative estimate of drug-likeness (QED) is 0.358. The molecule has 5 nitrogen and oxygen atoms in total. The fraction of sp³-hybridized carbons (Fsp3) is 0.769. The van der Waals surface area contributed by atoms with Crippen LogP contribution in [0.2, 0.25) is 0 Å². The molecule has 9 heteroatoms. The van der Waals surface area contributed by atoms with Crippen LogP contribution >= 0.6 is 0 Å². The number of rotatable bonds is 7. The van der Waals surface area contributed by atoms with Gasteiger partial charge in [-0.2, -0.15) is 13.2 Å². The number of unbranched alkanes of at least 4 members (excludes halogenated alkanes) is 5. The van der Waals surface area contributed by atoms with Crippen LogP contribution in [0, 0.1) is 0 Å². The van der Waals surface area contributed by atoms with Crippen molar-refractivity contribution in [1.29, 1.82) is 0 Å². The van der Waals surface area contributed by atoms with E-state index in [1.165, 1.54) is 50.8 Å². The molecule has 0 unspecified atom stereocenters. The zero-order valence-electron chi connectivity index (χ0n) is 12.8. The van der Waals surface area contributed by atoms with Crippen LogP contribution in [0.1, 0.15) is 51.3 Å². The topological polar surface area (TPSA) is 76.9 Å². The monoisotopic (exact) mass is 344 g/mol. The normalized spacial score (nSPS) is 11.9. The van der Waals surface area contributed by atoms with Gasteiger partial charge in [0.2, 0.25) is 0 Å². The first-order valence-electron chi connectivity index (χ1n) is 7.13. The lowest BCUT2D eigenvalue weighted by molar-refractivity contribution is -0.677. The highest BCUT2D eigenvalue weighted by Crippen LogP contribution is 2.20. The molecule has 0 radical (unpaired) electrons. The Morgan fingerprint density at radius 2 is 1.68 bits per heavy atom. The van der Waals surface area contributed by atoms with E-state index in [1.807, 2.05) is 6.20 Å². The summed E-state index contributed by atoms with van der Waals surface area (Å²) in [7, 11) is -3.99. The van der Waals surface area contributed by atoms with Gasteiger partial charge < -0.3 is 4.55 Å². The summed E-state index contributed by atoms with van der Waals surface area (Å²) < 4.78 is 61.1. The molecule has 0 aliphatic heterocycles. The third kappa shape index (κ3) is 9.04. The summed E-state index contributed by atoms with van der Waals surface area (Å²) in [5.41, 5.74) is -5.65. The van der Waals surface area contributed by atoms with Crippen molar-refractivity contribution in [2.75, 3.05) is 0 Å². The highest BCUT2D eigenvalue weighted by molar-refractivity contribution is 7.86. The predicted octanol–water partition coefficient (Wildman–Crippen LogP) is 2.79. The van der Waals surface area contributed by atoms with Gasteiger partial charge in [0.1, 0.15) is 12.4 Å². The molecule has 130 valence electrons.